The summed E-state index contributed by atoms with van der Waals surface area (Å²) in [5.74, 6) is 0.0104. The number of aromatic nitrogens is 2. The molecule has 0 radical (unpaired) electrons. The zero-order valence-electron chi connectivity index (χ0n) is 9.55. The molecular weight excluding hydrogens is 256 g/mol. The molecule has 1 aliphatic rings. The Balaban J connectivity index is 2.08. The van der Waals surface area contributed by atoms with Crippen LogP contribution in [0.4, 0.5) is 0 Å². The number of hydrogen-bond acceptors (Lipinski definition) is 5. The standard InChI is InChI=1S/C10H14N4OS2/c1-6-9(17-13-12-6)10(15)14(7-2-3-7)5-4-8(11)16/h7H,2-5H2,1H3,(H2,11,16). The summed E-state index contributed by atoms with van der Waals surface area (Å²) in [5.41, 5.74) is 6.18. The van der Waals surface area contributed by atoms with Crippen molar-refractivity contribution in [2.45, 2.75) is 32.2 Å². The van der Waals surface area contributed by atoms with Crippen LogP contribution in [0.3, 0.4) is 0 Å². The molecule has 1 aromatic rings. The van der Waals surface area contributed by atoms with E-state index in [4.69, 9.17) is 18.0 Å². The molecule has 0 aliphatic heterocycles. The number of amides is 1. The lowest BCUT2D eigenvalue weighted by Crippen LogP contribution is -2.35. The van der Waals surface area contributed by atoms with E-state index in [1.807, 2.05) is 4.90 Å². The molecular formula is C10H14N4OS2. The monoisotopic (exact) mass is 270 g/mol. The zero-order chi connectivity index (χ0) is 12.4. The summed E-state index contributed by atoms with van der Waals surface area (Å²) >= 11 is 6.00. The predicted molar refractivity (Wildman–Crippen MR) is 70.1 cm³/mol. The minimum atomic E-state index is 0.0104. The number of rotatable bonds is 5. The van der Waals surface area contributed by atoms with Crippen LogP contribution in [0.25, 0.3) is 0 Å². The molecule has 1 amide bonds. The number of nitrogens with zero attached hydrogens (tertiary/aromatic N) is 3. The molecule has 5 nitrogen and oxygen atoms in total. The van der Waals surface area contributed by atoms with Crippen LogP contribution in [0, 0.1) is 6.92 Å². The van der Waals surface area contributed by atoms with Crippen molar-refractivity contribution in [2.75, 3.05) is 6.54 Å². The van der Waals surface area contributed by atoms with Crippen molar-refractivity contribution in [2.24, 2.45) is 5.73 Å². The van der Waals surface area contributed by atoms with Crippen molar-refractivity contribution in [1.82, 2.24) is 14.5 Å². The van der Waals surface area contributed by atoms with Crippen molar-refractivity contribution in [3.8, 4) is 0 Å². The Labute approximate surface area is 109 Å². The van der Waals surface area contributed by atoms with Crippen LogP contribution >= 0.6 is 23.8 Å². The van der Waals surface area contributed by atoms with Crippen molar-refractivity contribution in [3.63, 3.8) is 0 Å². The second-order valence-corrected chi connectivity index (χ2v) is 5.41. The Morgan fingerprint density at radius 3 is 2.82 bits per heavy atom. The fraction of sp³-hybridized carbons (Fsp3) is 0.600. The molecule has 7 heteroatoms. The van der Waals surface area contributed by atoms with E-state index >= 15 is 0 Å². The molecule has 0 unspecified atom stereocenters. The van der Waals surface area contributed by atoms with E-state index in [1.54, 1.807) is 6.92 Å². The first-order chi connectivity index (χ1) is 8.09. The van der Waals surface area contributed by atoms with Crippen molar-refractivity contribution in [1.29, 1.82) is 0 Å². The van der Waals surface area contributed by atoms with Gasteiger partial charge in [0.05, 0.1) is 10.7 Å². The van der Waals surface area contributed by atoms with Gasteiger partial charge < -0.3 is 10.6 Å². The highest BCUT2D eigenvalue weighted by Crippen LogP contribution is 2.29. The number of thiocarbonyl (C=S) groups is 1. The molecule has 0 spiro atoms. The first-order valence-corrected chi connectivity index (χ1v) is 6.66. The number of nitrogens with two attached hydrogens (primary N) is 1. The van der Waals surface area contributed by atoms with Crippen molar-refractivity contribution >= 4 is 34.6 Å². The van der Waals surface area contributed by atoms with Crippen LogP contribution in [-0.4, -0.2) is 38.0 Å². The molecule has 1 heterocycles. The summed E-state index contributed by atoms with van der Waals surface area (Å²) in [6.07, 6.45) is 2.70. The van der Waals surface area contributed by atoms with Gasteiger partial charge in [0.2, 0.25) is 0 Å². The highest BCUT2D eigenvalue weighted by Gasteiger charge is 2.34. The Morgan fingerprint density at radius 1 is 1.65 bits per heavy atom. The van der Waals surface area contributed by atoms with Crippen LogP contribution in [0.2, 0.25) is 0 Å². The maximum absolute atomic E-state index is 12.3. The van der Waals surface area contributed by atoms with Gasteiger partial charge in [0.25, 0.3) is 5.91 Å². The average molecular weight is 270 g/mol. The lowest BCUT2D eigenvalue weighted by atomic mass is 10.3. The van der Waals surface area contributed by atoms with Crippen LogP contribution in [0.15, 0.2) is 0 Å². The molecule has 92 valence electrons. The highest BCUT2D eigenvalue weighted by atomic mass is 32.1. The zero-order valence-corrected chi connectivity index (χ0v) is 11.2. The van der Waals surface area contributed by atoms with Gasteiger partial charge in [-0.3, -0.25) is 4.79 Å². The normalized spacial score (nSPS) is 14.6. The summed E-state index contributed by atoms with van der Waals surface area (Å²) in [6.45, 7) is 2.39. The predicted octanol–water partition coefficient (Wildman–Crippen LogP) is 1.13. The second-order valence-electron chi connectivity index (χ2n) is 4.13. The van der Waals surface area contributed by atoms with Gasteiger partial charge in [0.1, 0.15) is 4.88 Å². The Morgan fingerprint density at radius 2 is 2.35 bits per heavy atom. The smallest absolute Gasteiger partial charge is 0.267 e. The molecule has 0 bridgehead atoms. The van der Waals surface area contributed by atoms with Crippen LogP contribution in [0.1, 0.15) is 34.6 Å². The lowest BCUT2D eigenvalue weighted by molar-refractivity contribution is 0.0752. The van der Waals surface area contributed by atoms with E-state index in [1.165, 1.54) is 0 Å². The van der Waals surface area contributed by atoms with Gasteiger partial charge in [-0.05, 0) is 31.3 Å². The maximum atomic E-state index is 12.3. The molecule has 0 saturated heterocycles. The summed E-state index contributed by atoms with van der Waals surface area (Å²) in [5, 5.41) is 3.87. The average Bonchev–Trinajstić information content (AvgIpc) is 3.00. The van der Waals surface area contributed by atoms with Gasteiger partial charge in [0, 0.05) is 19.0 Å². The van der Waals surface area contributed by atoms with Gasteiger partial charge in [-0.2, -0.15) is 0 Å². The van der Waals surface area contributed by atoms with Crippen LogP contribution < -0.4 is 5.73 Å². The third-order valence-electron chi connectivity index (χ3n) is 2.69. The highest BCUT2D eigenvalue weighted by molar-refractivity contribution is 7.80. The molecule has 0 aromatic carbocycles. The maximum Gasteiger partial charge on any atom is 0.267 e. The lowest BCUT2D eigenvalue weighted by Gasteiger charge is -2.21. The summed E-state index contributed by atoms with van der Waals surface area (Å²) in [6, 6.07) is 0.346. The molecule has 1 aliphatic carbocycles. The van der Waals surface area contributed by atoms with Crippen LogP contribution in [0.5, 0.6) is 0 Å². The van der Waals surface area contributed by atoms with E-state index < -0.39 is 0 Å². The van der Waals surface area contributed by atoms with E-state index in [0.29, 0.717) is 34.6 Å². The first kappa shape index (κ1) is 12.4. The molecule has 1 saturated carbocycles. The topological polar surface area (TPSA) is 72.1 Å². The Bertz CT molecular complexity index is 441. The number of hydrogen-bond donors (Lipinski definition) is 1. The minimum absolute atomic E-state index is 0.0104. The fourth-order valence-corrected chi connectivity index (χ4v) is 2.33. The minimum Gasteiger partial charge on any atom is -0.393 e. The molecule has 1 aromatic heterocycles. The van der Waals surface area contributed by atoms with E-state index in [0.717, 1.165) is 24.4 Å². The molecule has 17 heavy (non-hydrogen) atoms. The Kier molecular flexibility index (Phi) is 3.68. The van der Waals surface area contributed by atoms with Crippen molar-refractivity contribution < 1.29 is 4.79 Å². The van der Waals surface area contributed by atoms with Crippen LogP contribution in [-0.2, 0) is 0 Å². The number of carbonyl (C=O) groups excluding carboxylic acids is 1. The second kappa shape index (κ2) is 5.05. The summed E-state index contributed by atoms with van der Waals surface area (Å²) in [4.78, 5) is 15.2. The molecule has 2 rings (SSSR count). The largest absolute Gasteiger partial charge is 0.393 e. The van der Waals surface area contributed by atoms with Gasteiger partial charge in [-0.15, -0.1) is 5.10 Å². The first-order valence-electron chi connectivity index (χ1n) is 5.48. The third kappa shape index (κ3) is 2.98. The quantitative estimate of drug-likeness (QED) is 0.812. The van der Waals surface area contributed by atoms with Crippen molar-refractivity contribution in [3.05, 3.63) is 10.6 Å². The van der Waals surface area contributed by atoms with E-state index in [2.05, 4.69) is 9.59 Å². The Hall–Kier alpha value is -1.08. The number of aryl methyl sites for hydroxylation is 1. The SMILES string of the molecule is Cc1nnsc1C(=O)N(CCC(N)=S)C1CC1. The number of carbonyl (C=O) groups is 1. The van der Waals surface area contributed by atoms with Gasteiger partial charge in [-0.25, -0.2) is 0 Å². The molecule has 0 atom stereocenters. The van der Waals surface area contributed by atoms with Gasteiger partial charge in [0.15, 0.2) is 0 Å². The summed E-state index contributed by atoms with van der Waals surface area (Å²) in [7, 11) is 0. The fourth-order valence-electron chi connectivity index (χ4n) is 1.62. The van der Waals surface area contributed by atoms with Gasteiger partial charge >= 0.3 is 0 Å². The van der Waals surface area contributed by atoms with E-state index in [-0.39, 0.29) is 5.91 Å². The third-order valence-corrected chi connectivity index (χ3v) is 3.71. The molecule has 1 fully saturated rings. The molecule has 2 N–H and O–H groups in total. The van der Waals surface area contributed by atoms with E-state index in [9.17, 15) is 4.79 Å². The summed E-state index contributed by atoms with van der Waals surface area (Å²) < 4.78 is 3.79. The van der Waals surface area contributed by atoms with Gasteiger partial charge in [-0.1, -0.05) is 16.7 Å².